The smallest absolute Gasteiger partial charge is 0.324 e. The second kappa shape index (κ2) is 13.5. The lowest BCUT2D eigenvalue weighted by atomic mass is 9.71. The molecule has 2 aromatic carbocycles. The van der Waals surface area contributed by atoms with E-state index in [2.05, 4.69) is 26.1 Å². The number of ether oxygens (including phenoxy) is 1. The van der Waals surface area contributed by atoms with Gasteiger partial charge in [-0.15, -0.1) is 0 Å². The molecule has 9 nitrogen and oxygen atoms in total. The van der Waals surface area contributed by atoms with E-state index >= 15 is 0 Å². The van der Waals surface area contributed by atoms with Crippen molar-refractivity contribution >= 4 is 41.0 Å². The molecule has 0 aliphatic carbocycles. The van der Waals surface area contributed by atoms with Crippen LogP contribution in [0, 0.1) is 0 Å². The number of carbonyl (C=O) groups excluding carboxylic acids is 2. The van der Waals surface area contributed by atoms with E-state index in [1.54, 1.807) is 11.1 Å². The fourth-order valence-corrected chi connectivity index (χ4v) is 6.82. The Morgan fingerprint density at radius 1 is 1.00 bits per heavy atom. The van der Waals surface area contributed by atoms with Crippen molar-refractivity contribution in [1.29, 1.82) is 0 Å². The lowest BCUT2D eigenvalue weighted by Gasteiger charge is -2.46. The van der Waals surface area contributed by atoms with Crippen LogP contribution in [0.15, 0.2) is 65.8 Å². The van der Waals surface area contributed by atoms with Gasteiger partial charge in [0.05, 0.1) is 18.7 Å². The van der Waals surface area contributed by atoms with E-state index in [9.17, 15) is 9.59 Å². The highest BCUT2D eigenvalue weighted by molar-refractivity contribution is 6.30. The van der Waals surface area contributed by atoms with Gasteiger partial charge in [-0.25, -0.2) is 4.79 Å². The van der Waals surface area contributed by atoms with Crippen molar-refractivity contribution in [2.75, 3.05) is 26.2 Å². The zero-order valence-corrected chi connectivity index (χ0v) is 29.5. The molecule has 3 amide bonds. The minimum Gasteiger partial charge on any atom is -0.493 e. The molecule has 3 N–H and O–H groups in total. The van der Waals surface area contributed by atoms with Gasteiger partial charge in [0.25, 0.3) is 0 Å². The third kappa shape index (κ3) is 6.84. The van der Waals surface area contributed by atoms with Gasteiger partial charge in [-0.1, -0.05) is 68.2 Å². The molecule has 2 aliphatic heterocycles. The molecule has 1 fully saturated rings. The van der Waals surface area contributed by atoms with Gasteiger partial charge in [-0.3, -0.25) is 24.6 Å². The Morgan fingerprint density at radius 3 is 2.11 bits per heavy atom. The summed E-state index contributed by atoms with van der Waals surface area (Å²) in [4.78, 5) is 40.4. The Kier molecular flexibility index (Phi) is 9.92. The first-order valence-electron chi connectivity index (χ1n) is 16.0. The number of rotatable bonds is 8. The van der Waals surface area contributed by atoms with Crippen LogP contribution in [0.4, 0.5) is 4.79 Å². The van der Waals surface area contributed by atoms with E-state index in [4.69, 9.17) is 43.6 Å². The van der Waals surface area contributed by atoms with E-state index < -0.39 is 11.1 Å². The second-order valence-electron chi connectivity index (χ2n) is 13.6. The molecule has 5 rings (SSSR count). The Balaban J connectivity index is 1.68. The predicted molar refractivity (Wildman–Crippen MR) is 187 cm³/mol. The van der Waals surface area contributed by atoms with Crippen LogP contribution < -0.4 is 15.8 Å². The minimum atomic E-state index is -1.04. The fourth-order valence-electron chi connectivity index (χ4n) is 6.57. The van der Waals surface area contributed by atoms with Crippen LogP contribution in [0.3, 0.4) is 0 Å². The SMILES string of the molecule is CCOc1cc(C(C)(C)C)ncc1C1=N[C@@](C)(c2ccc(Cl)cc2)[C@@](C)(c2ccc(Cl)cc2)N1C(=O)NC1CCN(CC(N)=O)CC1. The van der Waals surface area contributed by atoms with Crippen LogP contribution in [0.5, 0.6) is 5.75 Å². The molecule has 250 valence electrons. The molecule has 47 heavy (non-hydrogen) atoms. The number of piperidine rings is 1. The van der Waals surface area contributed by atoms with Crippen molar-refractivity contribution in [2.45, 2.75) is 76.9 Å². The maximum atomic E-state index is 14.8. The van der Waals surface area contributed by atoms with Crippen LogP contribution in [0.1, 0.15) is 76.8 Å². The number of nitrogens with one attached hydrogen (secondary N) is 1. The Labute approximate surface area is 287 Å². The maximum Gasteiger partial charge on any atom is 0.324 e. The van der Waals surface area contributed by atoms with E-state index in [1.165, 1.54) is 0 Å². The molecule has 0 saturated carbocycles. The van der Waals surface area contributed by atoms with Crippen molar-refractivity contribution in [3.63, 3.8) is 0 Å². The molecule has 1 saturated heterocycles. The molecule has 0 bridgehead atoms. The molecule has 11 heteroatoms. The Bertz CT molecular complexity index is 1650. The summed E-state index contributed by atoms with van der Waals surface area (Å²) in [7, 11) is 0. The zero-order chi connectivity index (χ0) is 34.1. The van der Waals surface area contributed by atoms with Crippen molar-refractivity contribution in [1.82, 2.24) is 20.1 Å². The average Bonchev–Trinajstić information content (AvgIpc) is 3.26. The Hall–Kier alpha value is -3.66. The second-order valence-corrected chi connectivity index (χ2v) is 14.5. The summed E-state index contributed by atoms with van der Waals surface area (Å²) in [5.74, 6) is 0.685. The molecule has 0 radical (unpaired) electrons. The Morgan fingerprint density at radius 2 is 1.57 bits per heavy atom. The molecule has 2 atom stereocenters. The van der Waals surface area contributed by atoms with Gasteiger partial charge >= 0.3 is 6.03 Å². The summed E-state index contributed by atoms with van der Waals surface area (Å²) in [5.41, 5.74) is 6.40. The number of aromatic nitrogens is 1. The number of amidine groups is 1. The third-order valence-corrected chi connectivity index (χ3v) is 9.93. The number of primary amides is 1. The van der Waals surface area contributed by atoms with Gasteiger partial charge in [0, 0.05) is 52.5 Å². The molecule has 1 aromatic heterocycles. The summed E-state index contributed by atoms with van der Waals surface area (Å²) in [6.45, 7) is 14.2. The van der Waals surface area contributed by atoms with Gasteiger partial charge in [0.2, 0.25) is 5.91 Å². The van der Waals surface area contributed by atoms with E-state index in [-0.39, 0.29) is 29.9 Å². The first-order chi connectivity index (χ1) is 22.2. The molecule has 2 aliphatic rings. The number of urea groups is 1. The van der Waals surface area contributed by atoms with Crippen LogP contribution in [-0.2, 0) is 21.3 Å². The highest BCUT2D eigenvalue weighted by Crippen LogP contribution is 2.53. The molecule has 3 heterocycles. The van der Waals surface area contributed by atoms with Crippen molar-refractivity contribution in [2.24, 2.45) is 10.7 Å². The summed E-state index contributed by atoms with van der Waals surface area (Å²) in [5, 5.41) is 4.50. The van der Waals surface area contributed by atoms with Gasteiger partial charge in [-0.05, 0) is 69.0 Å². The van der Waals surface area contributed by atoms with Gasteiger partial charge in [0.15, 0.2) is 0 Å². The number of hydrogen-bond donors (Lipinski definition) is 2. The number of hydrogen-bond acceptors (Lipinski definition) is 6. The molecule has 0 unspecified atom stereocenters. The summed E-state index contributed by atoms with van der Waals surface area (Å²) >= 11 is 12.7. The highest BCUT2D eigenvalue weighted by atomic mass is 35.5. The zero-order valence-electron chi connectivity index (χ0n) is 27.9. The van der Waals surface area contributed by atoms with Gasteiger partial charge < -0.3 is 15.8 Å². The average molecular weight is 680 g/mol. The largest absolute Gasteiger partial charge is 0.493 e. The van der Waals surface area contributed by atoms with E-state index in [1.807, 2.05) is 80.3 Å². The topological polar surface area (TPSA) is 113 Å². The molecular weight excluding hydrogens is 635 g/mol. The first kappa shape index (κ1) is 34.7. The maximum absolute atomic E-state index is 14.8. The summed E-state index contributed by atoms with van der Waals surface area (Å²) in [6.07, 6.45) is 3.12. The first-order valence-corrected chi connectivity index (χ1v) is 16.8. The summed E-state index contributed by atoms with van der Waals surface area (Å²) < 4.78 is 6.23. The lowest BCUT2D eigenvalue weighted by molar-refractivity contribution is -0.119. The van der Waals surface area contributed by atoms with Crippen molar-refractivity contribution in [3.05, 3.63) is 93.2 Å². The van der Waals surface area contributed by atoms with Crippen LogP contribution in [-0.4, -0.2) is 64.8 Å². The molecule has 0 spiro atoms. The van der Waals surface area contributed by atoms with E-state index in [0.29, 0.717) is 59.7 Å². The standard InChI is InChI=1S/C36H44Cl2N6O3/c1-7-47-29-20-30(34(2,3)4)40-21-28(29)32-42-35(5,23-8-12-25(37)13-9-23)36(6,24-10-14-26(38)15-11-24)44(32)33(46)41-27-16-18-43(19-17-27)22-31(39)45/h8-15,20-21,27H,7,16-19,22H2,1-6H3,(H2,39,45)(H,41,46)/t35-,36+/m0/s1. The number of nitrogens with zero attached hydrogens (tertiary/aromatic N) is 4. The summed E-state index contributed by atoms with van der Waals surface area (Å²) in [6, 6.07) is 16.7. The van der Waals surface area contributed by atoms with Crippen molar-refractivity contribution in [3.8, 4) is 5.75 Å². The normalized spacial score (nSPS) is 22.2. The van der Waals surface area contributed by atoms with Crippen LogP contribution in [0.25, 0.3) is 0 Å². The number of likely N-dealkylation sites (tertiary alicyclic amines) is 1. The van der Waals surface area contributed by atoms with Crippen molar-refractivity contribution < 1.29 is 14.3 Å². The van der Waals surface area contributed by atoms with Crippen LogP contribution >= 0.6 is 23.2 Å². The number of benzene rings is 2. The number of amides is 3. The number of aliphatic imine (C=N–C) groups is 1. The third-order valence-electron chi connectivity index (χ3n) is 9.42. The van der Waals surface area contributed by atoms with Gasteiger partial charge in [-0.2, -0.15) is 0 Å². The van der Waals surface area contributed by atoms with Gasteiger partial charge in [0.1, 0.15) is 22.7 Å². The molecule has 3 aromatic rings. The fraction of sp³-hybridized carbons (Fsp3) is 0.444. The lowest BCUT2D eigenvalue weighted by Crippen LogP contribution is -2.59. The number of pyridine rings is 1. The monoisotopic (exact) mass is 678 g/mol. The number of nitrogens with two attached hydrogens (primary N) is 1. The number of halogens is 2. The number of carbonyl (C=O) groups is 2. The predicted octanol–water partition coefficient (Wildman–Crippen LogP) is 6.64. The molecular formula is C36H44Cl2N6O3. The highest BCUT2D eigenvalue weighted by Gasteiger charge is 2.60. The quantitative estimate of drug-likeness (QED) is 0.277. The minimum absolute atomic E-state index is 0.113. The van der Waals surface area contributed by atoms with E-state index in [0.717, 1.165) is 16.8 Å². The van der Waals surface area contributed by atoms with Crippen LogP contribution in [0.2, 0.25) is 10.0 Å².